The normalized spacial score (nSPS) is 13.3. The molecule has 1 aromatic heterocycles. The van der Waals surface area contributed by atoms with E-state index in [0.29, 0.717) is 0 Å². The number of carbonyl (C=O) groups is 1. The molecule has 0 aliphatic carbocycles. The van der Waals surface area contributed by atoms with E-state index in [4.69, 9.17) is 10.5 Å². The van der Waals surface area contributed by atoms with Gasteiger partial charge in [-0.25, -0.2) is 4.98 Å². The molecule has 0 fully saturated rings. The maximum atomic E-state index is 12.3. The molecule has 2 aromatic carbocycles. The Morgan fingerprint density at radius 1 is 1.00 bits per heavy atom. The number of ether oxygens (including phenoxy) is 1. The zero-order valence-corrected chi connectivity index (χ0v) is 21.7. The van der Waals surface area contributed by atoms with E-state index in [1.165, 1.54) is 24.4 Å². The molecule has 16 nitrogen and oxygen atoms in total. The van der Waals surface area contributed by atoms with Crippen molar-refractivity contribution in [2.24, 2.45) is 0 Å². The number of anilines is 2. The first-order valence-electron chi connectivity index (χ1n) is 11.2. The highest BCUT2D eigenvalue weighted by molar-refractivity contribution is 7.13. The van der Waals surface area contributed by atoms with Crippen molar-refractivity contribution >= 4 is 28.1 Å². The number of nitrogens with zero attached hydrogens (tertiary/aromatic N) is 1. The predicted molar refractivity (Wildman–Crippen MR) is 137 cm³/mol. The molecule has 3 aromatic rings. The number of phenols is 4. The number of benzene rings is 2. The molecular formula is C23H28N4O12S. The number of nitrogens with two attached hydrogens (primary N) is 1. The van der Waals surface area contributed by atoms with E-state index in [1.54, 1.807) is 0 Å². The van der Waals surface area contributed by atoms with Gasteiger partial charge in [0.05, 0.1) is 6.54 Å². The van der Waals surface area contributed by atoms with Gasteiger partial charge in [0.1, 0.15) is 5.69 Å². The van der Waals surface area contributed by atoms with E-state index in [9.17, 15) is 55.9 Å². The number of amides is 1. The molecule has 0 saturated heterocycles. The minimum absolute atomic E-state index is 0.00774. The summed E-state index contributed by atoms with van der Waals surface area (Å²) in [5.41, 5.74) is 4.04. The van der Waals surface area contributed by atoms with Crippen molar-refractivity contribution in [2.45, 2.75) is 30.5 Å². The minimum atomic E-state index is -3.15. The molecule has 17 heteroatoms. The number of hydrogen-bond donors (Lipinski definition) is 13. The zero-order valence-electron chi connectivity index (χ0n) is 20.9. The lowest BCUT2D eigenvalue weighted by Crippen LogP contribution is -2.55. The largest absolute Gasteiger partial charge is 0.504 e. The fourth-order valence-corrected chi connectivity index (χ4v) is 4.29. The molecule has 0 saturated carbocycles. The standard InChI is InChI=1S/C23H28N4O12S/c1-9-13(15(29)17(31)16(30)14(9)28)18(39-2)23(37,38)25-8-21(33,34)10-3-5-11(6-4-10)26-19(32)22(35,36)12-7-40-20(24)27-12/h3-7,18,25,28-31,33-38H,8H2,1-2H3,(H2,24,27)(H,26,32). The number of thiazole rings is 1. The van der Waals surface area contributed by atoms with Crippen LogP contribution in [0.25, 0.3) is 0 Å². The summed E-state index contributed by atoms with van der Waals surface area (Å²) in [7, 11) is 0.988. The smallest absolute Gasteiger partial charge is 0.291 e. The van der Waals surface area contributed by atoms with Crippen LogP contribution in [0.15, 0.2) is 29.6 Å². The Morgan fingerprint density at radius 3 is 2.10 bits per heavy atom. The number of nitrogen functional groups attached to an aromatic ring is 1. The number of aromatic hydroxyl groups is 4. The SMILES string of the molecule is COC(c1c(C)c(O)c(O)c(O)c1O)C(O)(O)NCC(O)(O)c1ccc(NC(=O)C(O)(O)c2csc(N)n2)cc1. The number of methoxy groups -OCH3 is 1. The molecule has 1 amide bonds. The van der Waals surface area contributed by atoms with Gasteiger partial charge in [-0.1, -0.05) is 12.1 Å². The summed E-state index contributed by atoms with van der Waals surface area (Å²) in [5, 5.41) is 108. The van der Waals surface area contributed by atoms with Gasteiger partial charge in [-0.15, -0.1) is 11.3 Å². The second-order valence-corrected chi connectivity index (χ2v) is 9.61. The van der Waals surface area contributed by atoms with Crippen LogP contribution in [0.3, 0.4) is 0 Å². The van der Waals surface area contributed by atoms with E-state index in [-0.39, 0.29) is 21.9 Å². The molecular weight excluding hydrogens is 556 g/mol. The van der Waals surface area contributed by atoms with Crippen LogP contribution in [0.1, 0.15) is 28.5 Å². The lowest BCUT2D eigenvalue weighted by atomic mass is 9.96. The van der Waals surface area contributed by atoms with Gasteiger partial charge in [-0.2, -0.15) is 0 Å². The van der Waals surface area contributed by atoms with E-state index in [1.807, 2.05) is 5.32 Å². The minimum Gasteiger partial charge on any atom is -0.504 e. The molecule has 40 heavy (non-hydrogen) atoms. The van der Waals surface area contributed by atoms with E-state index in [2.05, 4.69) is 10.3 Å². The lowest BCUT2D eigenvalue weighted by molar-refractivity contribution is -0.271. The van der Waals surface area contributed by atoms with Crippen molar-refractivity contribution in [1.29, 1.82) is 0 Å². The van der Waals surface area contributed by atoms with E-state index in [0.717, 1.165) is 30.6 Å². The highest BCUT2D eigenvalue weighted by Gasteiger charge is 2.43. The van der Waals surface area contributed by atoms with Gasteiger partial charge in [-0.05, 0) is 19.1 Å². The van der Waals surface area contributed by atoms with Crippen molar-refractivity contribution in [3.05, 3.63) is 52.0 Å². The number of aliphatic hydroxyl groups is 6. The van der Waals surface area contributed by atoms with Crippen molar-refractivity contribution in [3.8, 4) is 23.0 Å². The molecule has 1 atom stereocenters. The fraction of sp³-hybridized carbons (Fsp3) is 0.304. The Morgan fingerprint density at radius 2 is 1.57 bits per heavy atom. The summed E-state index contributed by atoms with van der Waals surface area (Å²) in [5.74, 6) is -14.3. The molecule has 218 valence electrons. The quantitative estimate of drug-likeness (QED) is 0.0724. The average Bonchev–Trinajstić information content (AvgIpc) is 3.35. The summed E-state index contributed by atoms with van der Waals surface area (Å²) in [6.07, 6.45) is -1.94. The topological polar surface area (TPSA) is 292 Å². The molecule has 1 heterocycles. The van der Waals surface area contributed by atoms with Gasteiger partial charge < -0.3 is 66.9 Å². The van der Waals surface area contributed by atoms with Gasteiger partial charge in [0, 0.05) is 34.9 Å². The van der Waals surface area contributed by atoms with Crippen molar-refractivity contribution in [1.82, 2.24) is 10.3 Å². The Labute approximate surface area is 229 Å². The molecule has 0 bridgehead atoms. The molecule has 0 aliphatic heterocycles. The highest BCUT2D eigenvalue weighted by Crippen LogP contribution is 2.50. The summed E-state index contributed by atoms with van der Waals surface area (Å²) < 4.78 is 5.02. The van der Waals surface area contributed by atoms with E-state index < -0.39 is 70.3 Å². The summed E-state index contributed by atoms with van der Waals surface area (Å²) >= 11 is 0.888. The van der Waals surface area contributed by atoms with Crippen LogP contribution in [-0.4, -0.2) is 81.5 Å². The van der Waals surface area contributed by atoms with Crippen LogP contribution < -0.4 is 16.4 Å². The number of phenolic OH excluding ortho intramolecular Hbond substituents is 4. The monoisotopic (exact) mass is 584 g/mol. The number of nitrogens with one attached hydrogen (secondary N) is 2. The van der Waals surface area contributed by atoms with Crippen molar-refractivity contribution < 1.29 is 60.6 Å². The van der Waals surface area contributed by atoms with Crippen molar-refractivity contribution in [3.63, 3.8) is 0 Å². The molecule has 0 radical (unpaired) electrons. The first kappa shape index (κ1) is 30.8. The highest BCUT2D eigenvalue weighted by atomic mass is 32.1. The summed E-state index contributed by atoms with van der Waals surface area (Å²) in [6, 6.07) is 4.63. The number of carbonyl (C=O) groups excluding carboxylic acids is 1. The number of hydrogen-bond acceptors (Lipinski definition) is 16. The molecule has 0 spiro atoms. The number of rotatable bonds is 10. The summed E-state index contributed by atoms with van der Waals surface area (Å²) in [4.78, 5) is 16.0. The second-order valence-electron chi connectivity index (χ2n) is 8.72. The van der Waals surface area contributed by atoms with Crippen LogP contribution in [0.2, 0.25) is 0 Å². The molecule has 1 unspecified atom stereocenters. The Balaban J connectivity index is 1.75. The Kier molecular flexibility index (Phi) is 8.46. The molecule has 14 N–H and O–H groups in total. The Hall–Kier alpha value is -3.78. The van der Waals surface area contributed by atoms with E-state index >= 15 is 0 Å². The molecule has 3 rings (SSSR count). The maximum Gasteiger partial charge on any atom is 0.291 e. The van der Waals surface area contributed by atoms with Gasteiger partial charge in [-0.3, -0.25) is 10.1 Å². The second kappa shape index (κ2) is 11.0. The van der Waals surface area contributed by atoms with Crippen LogP contribution >= 0.6 is 11.3 Å². The maximum absolute atomic E-state index is 12.3. The first-order chi connectivity index (χ1) is 18.4. The zero-order chi connectivity index (χ0) is 30.2. The lowest BCUT2D eigenvalue weighted by Gasteiger charge is -2.35. The number of aromatic nitrogens is 1. The van der Waals surface area contributed by atoms with Crippen LogP contribution in [0, 0.1) is 6.92 Å². The van der Waals surface area contributed by atoms with Gasteiger partial charge in [0.15, 0.2) is 22.7 Å². The first-order valence-corrected chi connectivity index (χ1v) is 12.0. The van der Waals surface area contributed by atoms with Gasteiger partial charge >= 0.3 is 0 Å². The predicted octanol–water partition coefficient (Wildman–Crippen LogP) is -1.61. The van der Waals surface area contributed by atoms with Crippen LogP contribution in [0.4, 0.5) is 10.8 Å². The fourth-order valence-electron chi connectivity index (χ4n) is 3.69. The summed E-state index contributed by atoms with van der Waals surface area (Å²) in [6.45, 7) is 0.210. The third-order valence-electron chi connectivity index (χ3n) is 5.95. The van der Waals surface area contributed by atoms with Crippen LogP contribution in [-0.2, 0) is 21.1 Å². The average molecular weight is 585 g/mol. The van der Waals surface area contributed by atoms with Crippen LogP contribution in [0.5, 0.6) is 23.0 Å². The Bertz CT molecular complexity index is 1360. The van der Waals surface area contributed by atoms with Gasteiger partial charge in [0.25, 0.3) is 17.6 Å². The molecule has 0 aliphatic rings. The third-order valence-corrected chi connectivity index (χ3v) is 6.62. The van der Waals surface area contributed by atoms with Gasteiger partial charge in [0.2, 0.25) is 17.3 Å². The van der Waals surface area contributed by atoms with Crippen molar-refractivity contribution in [2.75, 3.05) is 24.7 Å². The third kappa shape index (κ3) is 5.87.